The summed E-state index contributed by atoms with van der Waals surface area (Å²) in [5.41, 5.74) is 0. The number of likely N-dealkylation sites (N-methyl/N-ethyl adjacent to an activating group) is 1. The highest BCUT2D eigenvalue weighted by atomic mass is 127. The number of ether oxygens (including phenoxy) is 1. The average Bonchev–Trinajstić information content (AvgIpc) is 2.67. The number of piperidine rings is 1. The number of rotatable bonds is 7. The fraction of sp³-hybridized carbons (Fsp3) is 0.579. The van der Waals surface area contributed by atoms with Gasteiger partial charge >= 0.3 is 0 Å². The van der Waals surface area contributed by atoms with Crippen LogP contribution in [0.4, 0.5) is 0 Å². The summed E-state index contributed by atoms with van der Waals surface area (Å²) in [6.45, 7) is 3.26. The Morgan fingerprint density at radius 1 is 1.32 bits per heavy atom. The molecule has 28 heavy (non-hydrogen) atoms. The maximum absolute atomic E-state index is 11.9. The molecule has 9 heteroatoms. The van der Waals surface area contributed by atoms with Gasteiger partial charge in [-0.15, -0.1) is 35.7 Å². The summed E-state index contributed by atoms with van der Waals surface area (Å²) in [6, 6.07) is 8.02. The average molecular weight is 541 g/mol. The molecular formula is C19H30ClIN4O2S. The summed E-state index contributed by atoms with van der Waals surface area (Å²) >= 11 is 7.86. The van der Waals surface area contributed by atoms with E-state index in [4.69, 9.17) is 16.3 Å². The Morgan fingerprint density at radius 3 is 2.54 bits per heavy atom. The van der Waals surface area contributed by atoms with E-state index in [1.54, 1.807) is 26.1 Å². The molecule has 1 aliphatic heterocycles. The number of aliphatic imine (C=N–C) groups is 1. The number of hydrogen-bond acceptors (Lipinski definition) is 4. The maximum Gasteiger partial charge on any atom is 0.243 e. The van der Waals surface area contributed by atoms with Crippen LogP contribution in [0.2, 0.25) is 5.02 Å². The first-order chi connectivity index (χ1) is 13.0. The number of hydrogen-bond donors (Lipinski definition) is 1. The van der Waals surface area contributed by atoms with Crippen molar-refractivity contribution in [3.8, 4) is 0 Å². The Kier molecular flexibility index (Phi) is 12.2. The first-order valence-electron chi connectivity index (χ1n) is 9.14. The number of guanidine groups is 1. The van der Waals surface area contributed by atoms with Crippen molar-refractivity contribution in [2.75, 3.05) is 54.0 Å². The van der Waals surface area contributed by atoms with Crippen LogP contribution in [0.1, 0.15) is 12.8 Å². The van der Waals surface area contributed by atoms with Gasteiger partial charge in [-0.3, -0.25) is 4.79 Å². The van der Waals surface area contributed by atoms with Crippen LogP contribution in [0.5, 0.6) is 0 Å². The number of nitrogens with one attached hydrogen (secondary N) is 1. The second-order valence-electron chi connectivity index (χ2n) is 6.61. The van der Waals surface area contributed by atoms with Crippen molar-refractivity contribution in [2.24, 2.45) is 4.99 Å². The van der Waals surface area contributed by atoms with Crippen molar-refractivity contribution in [1.29, 1.82) is 0 Å². The van der Waals surface area contributed by atoms with E-state index in [1.807, 2.05) is 23.9 Å². The first kappa shape index (κ1) is 25.3. The zero-order valence-corrected chi connectivity index (χ0v) is 20.6. The van der Waals surface area contributed by atoms with Crippen LogP contribution in [0.25, 0.3) is 0 Å². The second-order valence-corrected chi connectivity index (χ2v) is 8.42. The summed E-state index contributed by atoms with van der Waals surface area (Å²) in [7, 11) is 5.16. The quantitative estimate of drug-likeness (QED) is 0.249. The highest BCUT2D eigenvalue weighted by Crippen LogP contribution is 2.31. The third-order valence-corrected chi connectivity index (χ3v) is 5.91. The normalized spacial score (nSPS) is 15.1. The van der Waals surface area contributed by atoms with E-state index in [-0.39, 0.29) is 36.4 Å². The van der Waals surface area contributed by atoms with Crippen LogP contribution < -0.4 is 5.32 Å². The smallest absolute Gasteiger partial charge is 0.243 e. The van der Waals surface area contributed by atoms with Crippen molar-refractivity contribution in [2.45, 2.75) is 23.0 Å². The molecule has 0 aromatic heterocycles. The van der Waals surface area contributed by atoms with Gasteiger partial charge in [0.15, 0.2) is 5.96 Å². The molecule has 0 unspecified atom stereocenters. The highest BCUT2D eigenvalue weighted by molar-refractivity contribution is 14.0. The number of nitrogens with zero attached hydrogens (tertiary/aromatic N) is 3. The molecular weight excluding hydrogens is 511 g/mol. The van der Waals surface area contributed by atoms with Gasteiger partial charge in [0.2, 0.25) is 5.91 Å². The van der Waals surface area contributed by atoms with E-state index in [9.17, 15) is 4.79 Å². The van der Waals surface area contributed by atoms with Crippen LogP contribution in [-0.2, 0) is 9.53 Å². The fourth-order valence-electron chi connectivity index (χ4n) is 2.71. The van der Waals surface area contributed by atoms with Crippen molar-refractivity contribution >= 4 is 59.2 Å². The summed E-state index contributed by atoms with van der Waals surface area (Å²) in [4.78, 5) is 21.4. The monoisotopic (exact) mass is 540 g/mol. The molecule has 1 fully saturated rings. The summed E-state index contributed by atoms with van der Waals surface area (Å²) in [5.74, 6) is 0.784. The number of carbonyl (C=O) groups is 1. The lowest BCUT2D eigenvalue weighted by Gasteiger charge is -2.34. The Labute approximate surface area is 194 Å². The second kappa shape index (κ2) is 13.5. The Morgan fingerprint density at radius 2 is 1.96 bits per heavy atom. The largest absolute Gasteiger partial charge is 0.383 e. The molecule has 1 N–H and O–H groups in total. The van der Waals surface area contributed by atoms with Gasteiger partial charge in [-0.1, -0.05) is 11.6 Å². The van der Waals surface area contributed by atoms with Crippen molar-refractivity contribution in [1.82, 2.24) is 15.1 Å². The van der Waals surface area contributed by atoms with Gasteiger partial charge in [-0.25, -0.2) is 4.99 Å². The third-order valence-electron chi connectivity index (χ3n) is 4.31. The lowest BCUT2D eigenvalue weighted by molar-refractivity contribution is -0.127. The number of methoxy groups -OCH3 is 1. The van der Waals surface area contributed by atoms with Crippen LogP contribution in [0, 0.1) is 0 Å². The van der Waals surface area contributed by atoms with E-state index in [1.165, 1.54) is 4.90 Å². The highest BCUT2D eigenvalue weighted by Gasteiger charge is 2.22. The Bertz CT molecular complexity index is 623. The van der Waals surface area contributed by atoms with Crippen LogP contribution in [0.15, 0.2) is 34.2 Å². The van der Waals surface area contributed by atoms with Gasteiger partial charge in [0, 0.05) is 56.0 Å². The number of benzene rings is 1. The molecule has 1 saturated heterocycles. The molecule has 0 saturated carbocycles. The van der Waals surface area contributed by atoms with Crippen molar-refractivity contribution < 1.29 is 9.53 Å². The van der Waals surface area contributed by atoms with Crippen LogP contribution in [-0.4, -0.2) is 80.9 Å². The summed E-state index contributed by atoms with van der Waals surface area (Å²) in [5, 5.41) is 4.66. The van der Waals surface area contributed by atoms with Gasteiger partial charge < -0.3 is 19.9 Å². The van der Waals surface area contributed by atoms with E-state index < -0.39 is 0 Å². The minimum absolute atomic E-state index is 0. The molecule has 1 heterocycles. The van der Waals surface area contributed by atoms with Gasteiger partial charge in [-0.05, 0) is 37.1 Å². The van der Waals surface area contributed by atoms with Gasteiger partial charge in [0.1, 0.15) is 6.54 Å². The van der Waals surface area contributed by atoms with E-state index >= 15 is 0 Å². The topological polar surface area (TPSA) is 57.2 Å². The molecule has 0 spiro atoms. The zero-order valence-electron chi connectivity index (χ0n) is 16.7. The lowest BCUT2D eigenvalue weighted by Crippen LogP contribution is -2.47. The molecule has 6 nitrogen and oxygen atoms in total. The molecule has 0 aliphatic carbocycles. The molecule has 1 aromatic carbocycles. The lowest BCUT2D eigenvalue weighted by atomic mass is 10.1. The molecule has 0 atom stereocenters. The number of carbonyl (C=O) groups excluding carboxylic acids is 1. The number of halogens is 2. The van der Waals surface area contributed by atoms with E-state index in [0.717, 1.165) is 36.9 Å². The fourth-order valence-corrected chi connectivity index (χ4v) is 3.96. The minimum atomic E-state index is -0.00535. The van der Waals surface area contributed by atoms with Crippen LogP contribution >= 0.6 is 47.3 Å². The molecule has 1 amide bonds. The standard InChI is InChI=1S/C19H29ClN4O2S.HI/c1-23(2)18(25)14-22-19(21-10-13-26-3)24-11-8-17(9-12-24)27-16-6-4-15(20)5-7-16;/h4-7,17H,8-14H2,1-3H3,(H,21,22);1H. The van der Waals surface area contributed by atoms with E-state index in [2.05, 4.69) is 27.3 Å². The Hall–Kier alpha value is -0.710. The van der Waals surface area contributed by atoms with E-state index in [0.29, 0.717) is 18.4 Å². The zero-order chi connectivity index (χ0) is 19.6. The third kappa shape index (κ3) is 8.75. The Balaban J connectivity index is 0.00000392. The maximum atomic E-state index is 11.9. The van der Waals surface area contributed by atoms with Gasteiger partial charge in [-0.2, -0.15) is 0 Å². The number of amides is 1. The molecule has 2 rings (SSSR count). The molecule has 1 aromatic rings. The first-order valence-corrected chi connectivity index (χ1v) is 10.4. The van der Waals surface area contributed by atoms with Crippen molar-refractivity contribution in [3.63, 3.8) is 0 Å². The summed E-state index contributed by atoms with van der Waals surface area (Å²) < 4.78 is 5.11. The molecule has 158 valence electrons. The SMILES string of the molecule is COCCNC(=NCC(=O)N(C)C)N1CCC(Sc2ccc(Cl)cc2)CC1.I. The predicted octanol–water partition coefficient (Wildman–Crippen LogP) is 3.19. The molecule has 0 radical (unpaired) electrons. The van der Waals surface area contributed by atoms with Gasteiger partial charge in [0.25, 0.3) is 0 Å². The summed E-state index contributed by atoms with van der Waals surface area (Å²) in [6.07, 6.45) is 2.14. The van der Waals surface area contributed by atoms with Gasteiger partial charge in [0.05, 0.1) is 6.61 Å². The minimum Gasteiger partial charge on any atom is -0.383 e. The van der Waals surface area contributed by atoms with Crippen LogP contribution in [0.3, 0.4) is 0 Å². The predicted molar refractivity (Wildman–Crippen MR) is 128 cm³/mol. The molecule has 1 aliphatic rings. The molecule has 0 bridgehead atoms. The van der Waals surface area contributed by atoms with Crippen molar-refractivity contribution in [3.05, 3.63) is 29.3 Å². The number of thioether (sulfide) groups is 1. The number of likely N-dealkylation sites (tertiary alicyclic amines) is 1.